The monoisotopic (exact) mass is 390 g/mol. The highest BCUT2D eigenvalue weighted by Crippen LogP contribution is 2.41. The van der Waals surface area contributed by atoms with Crippen LogP contribution in [0.15, 0.2) is 21.7 Å². The smallest absolute Gasteiger partial charge is 0.431 e. The van der Waals surface area contributed by atoms with Crippen molar-refractivity contribution in [2.45, 2.75) is 25.6 Å². The maximum Gasteiger partial charge on any atom is 0.431 e. The predicted octanol–water partition coefficient (Wildman–Crippen LogP) is 2.19. The van der Waals surface area contributed by atoms with Crippen molar-refractivity contribution in [3.05, 3.63) is 55.9 Å². The molecule has 144 valence electrons. The molecular formula is C16H11F5N2O4. The molecular weight excluding hydrogens is 379 g/mol. The van der Waals surface area contributed by atoms with Crippen LogP contribution in [0.1, 0.15) is 29.9 Å². The minimum atomic E-state index is -5.01. The van der Waals surface area contributed by atoms with Gasteiger partial charge in [0, 0.05) is 19.2 Å². The van der Waals surface area contributed by atoms with Crippen molar-refractivity contribution in [2.24, 2.45) is 7.05 Å². The van der Waals surface area contributed by atoms with Gasteiger partial charge in [-0.25, -0.2) is 18.1 Å². The number of ether oxygens (including phenoxy) is 1. The molecule has 1 aliphatic heterocycles. The molecule has 0 unspecified atom stereocenters. The molecule has 0 N–H and O–H groups in total. The summed E-state index contributed by atoms with van der Waals surface area (Å²) >= 11 is 0. The summed E-state index contributed by atoms with van der Waals surface area (Å²) < 4.78 is 72.8. The van der Waals surface area contributed by atoms with E-state index in [1.165, 1.54) is 13.8 Å². The summed E-state index contributed by atoms with van der Waals surface area (Å²) in [5, 5.41) is 0. The van der Waals surface area contributed by atoms with Crippen molar-refractivity contribution in [3.63, 3.8) is 0 Å². The van der Waals surface area contributed by atoms with Gasteiger partial charge in [0.25, 0.3) is 5.56 Å². The molecule has 1 aliphatic rings. The second kappa shape index (κ2) is 5.51. The van der Waals surface area contributed by atoms with Crippen molar-refractivity contribution >= 4 is 5.78 Å². The Labute approximate surface area is 147 Å². The fourth-order valence-corrected chi connectivity index (χ4v) is 2.81. The Bertz CT molecular complexity index is 1110. The van der Waals surface area contributed by atoms with Crippen molar-refractivity contribution < 1.29 is 31.5 Å². The molecule has 0 atom stereocenters. The highest BCUT2D eigenvalue weighted by Gasteiger charge is 2.45. The van der Waals surface area contributed by atoms with Crippen molar-refractivity contribution in [1.82, 2.24) is 9.13 Å². The summed E-state index contributed by atoms with van der Waals surface area (Å²) in [4.78, 5) is 36.8. The molecule has 0 radical (unpaired) electrons. The number of Topliss-reactive ketones (excluding diaryl/α,β-unsaturated/α-hetero) is 1. The van der Waals surface area contributed by atoms with E-state index in [0.717, 1.165) is 7.05 Å². The quantitative estimate of drug-likeness (QED) is 0.700. The summed E-state index contributed by atoms with van der Waals surface area (Å²) in [5.41, 5.74) is -7.84. The third-order valence-electron chi connectivity index (χ3n) is 4.13. The van der Waals surface area contributed by atoms with Gasteiger partial charge in [0.1, 0.15) is 22.8 Å². The summed E-state index contributed by atoms with van der Waals surface area (Å²) in [6.45, 7) is 2.51. The van der Waals surface area contributed by atoms with Gasteiger partial charge in [0.2, 0.25) is 5.78 Å². The molecule has 11 heteroatoms. The van der Waals surface area contributed by atoms with Crippen LogP contribution in [-0.2, 0) is 13.2 Å². The maximum absolute atomic E-state index is 14.4. The van der Waals surface area contributed by atoms with Crippen LogP contribution in [0.5, 0.6) is 5.75 Å². The maximum atomic E-state index is 14.4. The Morgan fingerprint density at radius 2 is 1.63 bits per heavy atom. The molecule has 3 rings (SSSR count). The number of rotatable bonds is 1. The number of halogens is 5. The Morgan fingerprint density at radius 3 is 2.19 bits per heavy atom. The second-order valence-corrected chi connectivity index (χ2v) is 6.38. The largest absolute Gasteiger partial charge is 0.476 e. The normalized spacial score (nSPS) is 15.6. The number of alkyl halides is 3. The molecule has 1 aromatic carbocycles. The molecule has 0 saturated carbocycles. The van der Waals surface area contributed by atoms with Gasteiger partial charge in [-0.1, -0.05) is 0 Å². The number of hydrogen-bond acceptors (Lipinski definition) is 4. The fourth-order valence-electron chi connectivity index (χ4n) is 2.81. The van der Waals surface area contributed by atoms with E-state index in [0.29, 0.717) is 0 Å². The lowest BCUT2D eigenvalue weighted by molar-refractivity contribution is -0.144. The zero-order valence-electron chi connectivity index (χ0n) is 14.1. The fraction of sp³-hybridized carbons (Fsp3) is 0.312. The highest BCUT2D eigenvalue weighted by atomic mass is 19.4. The van der Waals surface area contributed by atoms with E-state index >= 15 is 0 Å². The number of carbonyl (C=O) groups is 1. The number of nitrogens with zero attached hydrogens (tertiary/aromatic N) is 2. The van der Waals surface area contributed by atoms with E-state index in [1.54, 1.807) is 0 Å². The molecule has 6 nitrogen and oxygen atoms in total. The molecule has 0 aliphatic carbocycles. The van der Waals surface area contributed by atoms with Gasteiger partial charge in [-0.3, -0.25) is 14.2 Å². The summed E-state index contributed by atoms with van der Waals surface area (Å²) in [6.07, 6.45) is -5.01. The minimum Gasteiger partial charge on any atom is -0.476 e. The summed E-state index contributed by atoms with van der Waals surface area (Å²) in [5.74, 6) is -4.32. The highest BCUT2D eigenvalue weighted by molar-refractivity contribution is 6.08. The number of fused-ring (bicyclic) bond motifs is 1. The van der Waals surface area contributed by atoms with Crippen LogP contribution in [0.3, 0.4) is 0 Å². The van der Waals surface area contributed by atoms with E-state index in [-0.39, 0.29) is 21.3 Å². The lowest BCUT2D eigenvalue weighted by Gasteiger charge is -2.18. The van der Waals surface area contributed by atoms with E-state index in [2.05, 4.69) is 0 Å². The lowest BCUT2D eigenvalue weighted by Crippen LogP contribution is -2.41. The predicted molar refractivity (Wildman–Crippen MR) is 81.2 cm³/mol. The average Bonchev–Trinajstić information content (AvgIpc) is 2.75. The van der Waals surface area contributed by atoms with E-state index in [1.807, 2.05) is 0 Å². The lowest BCUT2D eigenvalue weighted by atomic mass is 9.99. The molecule has 0 amide bonds. The Kier molecular flexibility index (Phi) is 3.83. The van der Waals surface area contributed by atoms with E-state index < -0.39 is 63.1 Å². The molecule has 2 aromatic rings. The number of ketones is 1. The second-order valence-electron chi connectivity index (χ2n) is 6.38. The standard InChI is InChI=1S/C16H11F5N2O4/c1-15(2)13(25)10-6(17)4-7(18)11(12(10)27-15)23-9(24)5-8(16(19,20)21)22(3)14(23)26/h4-5H,1-3H3. The zero-order chi connectivity index (χ0) is 20.5. The van der Waals surface area contributed by atoms with Gasteiger partial charge in [-0.2, -0.15) is 13.2 Å². The van der Waals surface area contributed by atoms with Gasteiger partial charge in [-0.05, 0) is 13.8 Å². The van der Waals surface area contributed by atoms with Crippen LogP contribution in [0.4, 0.5) is 22.0 Å². The van der Waals surface area contributed by atoms with Gasteiger partial charge >= 0.3 is 11.9 Å². The van der Waals surface area contributed by atoms with E-state index in [9.17, 15) is 36.3 Å². The Balaban J connectivity index is 2.43. The third kappa shape index (κ3) is 2.64. The number of aromatic nitrogens is 2. The topological polar surface area (TPSA) is 70.3 Å². The number of carbonyl (C=O) groups excluding carboxylic acids is 1. The SMILES string of the molecule is Cn1c(C(F)(F)F)cc(=O)n(-c2c(F)cc(F)c3c2OC(C)(C)C3=O)c1=O. The first-order valence-corrected chi connectivity index (χ1v) is 7.44. The van der Waals surface area contributed by atoms with Crippen molar-refractivity contribution in [3.8, 4) is 11.4 Å². The molecule has 2 heterocycles. The third-order valence-corrected chi connectivity index (χ3v) is 4.13. The van der Waals surface area contributed by atoms with Crippen LogP contribution < -0.4 is 16.0 Å². The molecule has 0 bridgehead atoms. The van der Waals surface area contributed by atoms with Crippen LogP contribution in [0.25, 0.3) is 5.69 Å². The molecule has 27 heavy (non-hydrogen) atoms. The zero-order valence-corrected chi connectivity index (χ0v) is 14.1. The Hall–Kier alpha value is -2.98. The van der Waals surface area contributed by atoms with Crippen LogP contribution >= 0.6 is 0 Å². The number of benzene rings is 1. The summed E-state index contributed by atoms with van der Waals surface area (Å²) in [7, 11) is 0.735. The molecule has 1 aromatic heterocycles. The minimum absolute atomic E-state index is 0.0670. The first-order valence-electron chi connectivity index (χ1n) is 7.44. The van der Waals surface area contributed by atoms with E-state index in [4.69, 9.17) is 4.74 Å². The van der Waals surface area contributed by atoms with Gasteiger partial charge < -0.3 is 4.74 Å². The van der Waals surface area contributed by atoms with Crippen LogP contribution in [-0.4, -0.2) is 20.5 Å². The first kappa shape index (κ1) is 18.8. The van der Waals surface area contributed by atoms with Crippen molar-refractivity contribution in [1.29, 1.82) is 0 Å². The van der Waals surface area contributed by atoms with Crippen LogP contribution in [0, 0.1) is 11.6 Å². The van der Waals surface area contributed by atoms with Crippen molar-refractivity contribution in [2.75, 3.05) is 0 Å². The first-order chi connectivity index (χ1) is 12.3. The summed E-state index contributed by atoms with van der Waals surface area (Å²) in [6, 6.07) is 0.360. The van der Waals surface area contributed by atoms with Gasteiger partial charge in [-0.15, -0.1) is 0 Å². The van der Waals surface area contributed by atoms with Gasteiger partial charge in [0.15, 0.2) is 17.2 Å². The molecule has 0 saturated heterocycles. The molecule has 0 fully saturated rings. The Morgan fingerprint density at radius 1 is 1.04 bits per heavy atom. The molecule has 0 spiro atoms. The van der Waals surface area contributed by atoms with Crippen LogP contribution in [0.2, 0.25) is 0 Å². The number of hydrogen-bond donors (Lipinski definition) is 0. The van der Waals surface area contributed by atoms with Gasteiger partial charge in [0.05, 0.1) is 0 Å². The average molecular weight is 390 g/mol.